The Hall–Kier alpha value is -2.36. The van der Waals surface area contributed by atoms with E-state index in [2.05, 4.69) is 4.98 Å². The van der Waals surface area contributed by atoms with Crippen molar-refractivity contribution in [3.8, 4) is 0 Å². The zero-order chi connectivity index (χ0) is 16.8. The third kappa shape index (κ3) is 5.20. The molecule has 0 aliphatic carbocycles. The van der Waals surface area contributed by atoms with E-state index in [4.69, 9.17) is 20.4 Å². The molecule has 0 saturated carbocycles. The molecule has 122 valence electrons. The van der Waals surface area contributed by atoms with Crippen molar-refractivity contribution in [1.29, 1.82) is 0 Å². The molecule has 1 aliphatic rings. The SMILES string of the molecule is NC(=O)c1cccnc1N1CCOCC1.O=C(O)C(F)(F)F. The van der Waals surface area contributed by atoms with E-state index >= 15 is 0 Å². The van der Waals surface area contributed by atoms with Gasteiger partial charge in [-0.1, -0.05) is 0 Å². The number of ether oxygens (including phenoxy) is 1. The maximum atomic E-state index is 11.2. The van der Waals surface area contributed by atoms with Crippen LogP contribution in [0.25, 0.3) is 0 Å². The number of aromatic nitrogens is 1. The van der Waals surface area contributed by atoms with Gasteiger partial charge < -0.3 is 20.5 Å². The first-order valence-corrected chi connectivity index (χ1v) is 6.11. The summed E-state index contributed by atoms with van der Waals surface area (Å²) >= 11 is 0. The number of hydrogen-bond acceptors (Lipinski definition) is 5. The van der Waals surface area contributed by atoms with Crippen molar-refractivity contribution < 1.29 is 32.6 Å². The lowest BCUT2D eigenvalue weighted by atomic mass is 10.2. The fourth-order valence-electron chi connectivity index (χ4n) is 1.62. The van der Waals surface area contributed by atoms with Crippen molar-refractivity contribution >= 4 is 17.7 Å². The van der Waals surface area contributed by atoms with Crippen molar-refractivity contribution in [2.24, 2.45) is 5.73 Å². The fourth-order valence-corrected chi connectivity index (χ4v) is 1.62. The number of nitrogens with zero attached hydrogens (tertiary/aromatic N) is 2. The Bertz CT molecular complexity index is 531. The summed E-state index contributed by atoms with van der Waals surface area (Å²) in [6.07, 6.45) is -3.42. The van der Waals surface area contributed by atoms with E-state index in [1.165, 1.54) is 0 Å². The van der Waals surface area contributed by atoms with Crippen LogP contribution < -0.4 is 10.6 Å². The van der Waals surface area contributed by atoms with Gasteiger partial charge in [0.1, 0.15) is 5.82 Å². The average molecular weight is 321 g/mol. The number of nitrogens with two attached hydrogens (primary N) is 1. The Labute approximate surface area is 123 Å². The molecular formula is C12H14F3N3O4. The number of pyridine rings is 1. The second-order valence-corrected chi connectivity index (χ2v) is 4.14. The Morgan fingerprint density at radius 2 is 1.86 bits per heavy atom. The largest absolute Gasteiger partial charge is 0.490 e. The molecule has 7 nitrogen and oxygen atoms in total. The smallest absolute Gasteiger partial charge is 0.475 e. The number of carboxylic acids is 1. The number of carbonyl (C=O) groups excluding carboxylic acids is 1. The van der Waals surface area contributed by atoms with Gasteiger partial charge in [-0.05, 0) is 12.1 Å². The zero-order valence-electron chi connectivity index (χ0n) is 11.3. The van der Waals surface area contributed by atoms with Crippen LogP contribution in [0.2, 0.25) is 0 Å². The Balaban J connectivity index is 0.000000295. The van der Waals surface area contributed by atoms with E-state index in [1.807, 2.05) is 4.90 Å². The molecule has 0 atom stereocenters. The molecule has 10 heteroatoms. The van der Waals surface area contributed by atoms with Crippen molar-refractivity contribution in [2.45, 2.75) is 6.18 Å². The van der Waals surface area contributed by atoms with Crippen molar-refractivity contribution in [1.82, 2.24) is 4.98 Å². The lowest BCUT2D eigenvalue weighted by Crippen LogP contribution is -2.38. The topological polar surface area (TPSA) is 106 Å². The van der Waals surface area contributed by atoms with Gasteiger partial charge in [0.2, 0.25) is 0 Å². The molecule has 2 heterocycles. The lowest BCUT2D eigenvalue weighted by Gasteiger charge is -2.28. The van der Waals surface area contributed by atoms with Gasteiger partial charge in [-0.15, -0.1) is 0 Å². The molecule has 0 aromatic carbocycles. The van der Waals surface area contributed by atoms with Crippen LogP contribution in [-0.2, 0) is 9.53 Å². The molecule has 0 bridgehead atoms. The number of alkyl halides is 3. The van der Waals surface area contributed by atoms with Crippen LogP contribution >= 0.6 is 0 Å². The minimum absolute atomic E-state index is 0.440. The highest BCUT2D eigenvalue weighted by Crippen LogP contribution is 2.17. The zero-order valence-corrected chi connectivity index (χ0v) is 11.3. The van der Waals surface area contributed by atoms with Gasteiger partial charge in [-0.2, -0.15) is 13.2 Å². The predicted molar refractivity (Wildman–Crippen MR) is 69.5 cm³/mol. The van der Waals surface area contributed by atoms with E-state index in [0.29, 0.717) is 24.6 Å². The number of hydrogen-bond donors (Lipinski definition) is 2. The first kappa shape index (κ1) is 17.7. The predicted octanol–water partition coefficient (Wildman–Crippen LogP) is 0.650. The molecule has 1 fully saturated rings. The Kier molecular flexibility index (Phi) is 6.11. The summed E-state index contributed by atoms with van der Waals surface area (Å²) in [4.78, 5) is 26.3. The van der Waals surface area contributed by atoms with Crippen LogP contribution in [0.3, 0.4) is 0 Å². The Morgan fingerprint density at radius 3 is 2.32 bits per heavy atom. The van der Waals surface area contributed by atoms with Crippen molar-refractivity contribution in [3.63, 3.8) is 0 Å². The van der Waals surface area contributed by atoms with Crippen LogP contribution in [0, 0.1) is 0 Å². The summed E-state index contributed by atoms with van der Waals surface area (Å²) in [5, 5.41) is 7.12. The van der Waals surface area contributed by atoms with E-state index in [1.54, 1.807) is 18.3 Å². The monoisotopic (exact) mass is 321 g/mol. The number of carbonyl (C=O) groups is 2. The van der Waals surface area contributed by atoms with E-state index in [-0.39, 0.29) is 0 Å². The van der Waals surface area contributed by atoms with Gasteiger partial charge in [0.05, 0.1) is 18.8 Å². The summed E-state index contributed by atoms with van der Waals surface area (Å²) in [6, 6.07) is 3.41. The number of primary amides is 1. The normalized spacial score (nSPS) is 14.8. The van der Waals surface area contributed by atoms with Crippen LogP contribution in [0.4, 0.5) is 19.0 Å². The Morgan fingerprint density at radius 1 is 1.32 bits per heavy atom. The lowest BCUT2D eigenvalue weighted by molar-refractivity contribution is -0.192. The van der Waals surface area contributed by atoms with Gasteiger partial charge in [0.15, 0.2) is 0 Å². The molecular weight excluding hydrogens is 307 g/mol. The number of morpholine rings is 1. The number of aliphatic carboxylic acids is 1. The van der Waals surface area contributed by atoms with Gasteiger partial charge in [-0.25, -0.2) is 9.78 Å². The van der Waals surface area contributed by atoms with Gasteiger partial charge in [0.25, 0.3) is 5.91 Å². The first-order valence-electron chi connectivity index (χ1n) is 6.11. The van der Waals surface area contributed by atoms with Gasteiger partial charge in [0, 0.05) is 19.3 Å². The van der Waals surface area contributed by atoms with E-state index in [0.717, 1.165) is 13.1 Å². The molecule has 1 saturated heterocycles. The highest BCUT2D eigenvalue weighted by Gasteiger charge is 2.38. The van der Waals surface area contributed by atoms with Gasteiger partial charge >= 0.3 is 12.1 Å². The number of amides is 1. The highest BCUT2D eigenvalue weighted by atomic mass is 19.4. The summed E-state index contributed by atoms with van der Waals surface area (Å²) in [5.74, 6) is -2.54. The summed E-state index contributed by atoms with van der Waals surface area (Å²) < 4.78 is 37.0. The quantitative estimate of drug-likeness (QED) is 0.828. The standard InChI is InChI=1S/C10H13N3O2.C2HF3O2/c11-9(14)8-2-1-3-12-10(8)13-4-6-15-7-5-13;3-2(4,5)1(6)7/h1-3H,4-7H2,(H2,11,14);(H,6,7). The van der Waals surface area contributed by atoms with Crippen molar-refractivity contribution in [3.05, 3.63) is 23.9 Å². The molecule has 1 aliphatic heterocycles. The molecule has 0 radical (unpaired) electrons. The second-order valence-electron chi connectivity index (χ2n) is 4.14. The molecule has 3 N–H and O–H groups in total. The van der Waals surface area contributed by atoms with Gasteiger partial charge in [-0.3, -0.25) is 4.79 Å². The molecule has 1 aromatic heterocycles. The molecule has 0 spiro atoms. The average Bonchev–Trinajstić information content (AvgIpc) is 2.48. The van der Waals surface area contributed by atoms with Crippen LogP contribution in [0.15, 0.2) is 18.3 Å². The molecule has 1 aromatic rings. The minimum Gasteiger partial charge on any atom is -0.475 e. The number of anilines is 1. The molecule has 0 unspecified atom stereocenters. The van der Waals surface area contributed by atoms with E-state index in [9.17, 15) is 18.0 Å². The first-order chi connectivity index (χ1) is 10.2. The molecule has 1 amide bonds. The third-order valence-electron chi connectivity index (χ3n) is 2.61. The minimum atomic E-state index is -5.08. The van der Waals surface area contributed by atoms with Crippen LogP contribution in [0.5, 0.6) is 0 Å². The van der Waals surface area contributed by atoms with Crippen molar-refractivity contribution in [2.75, 3.05) is 31.2 Å². The number of carboxylic acid groups (broad SMARTS) is 1. The van der Waals surface area contributed by atoms with Crippen LogP contribution in [-0.4, -0.2) is 54.4 Å². The molecule has 2 rings (SSSR count). The maximum absolute atomic E-state index is 11.2. The third-order valence-corrected chi connectivity index (χ3v) is 2.61. The van der Waals surface area contributed by atoms with Crippen LogP contribution in [0.1, 0.15) is 10.4 Å². The van der Waals surface area contributed by atoms with E-state index < -0.39 is 18.1 Å². The second kappa shape index (κ2) is 7.59. The summed E-state index contributed by atoms with van der Waals surface area (Å²) in [7, 11) is 0. The maximum Gasteiger partial charge on any atom is 0.490 e. The number of halogens is 3. The highest BCUT2D eigenvalue weighted by molar-refractivity contribution is 5.97. The summed E-state index contributed by atoms with van der Waals surface area (Å²) in [5.41, 5.74) is 5.76. The molecule has 22 heavy (non-hydrogen) atoms. The fraction of sp³-hybridized carbons (Fsp3) is 0.417. The number of rotatable bonds is 2. The summed E-state index contributed by atoms with van der Waals surface area (Å²) in [6.45, 7) is 2.82.